The Bertz CT molecular complexity index is 1300. The van der Waals surface area contributed by atoms with Crippen LogP contribution in [-0.4, -0.2) is 61.8 Å². The molecule has 184 valence electrons. The van der Waals surface area contributed by atoms with Crippen LogP contribution in [0.1, 0.15) is 6.42 Å². The first-order chi connectivity index (χ1) is 16.7. The normalized spacial score (nSPS) is 14.1. The first kappa shape index (κ1) is 25.3. The first-order valence-corrected chi connectivity index (χ1v) is 12.3. The highest BCUT2D eigenvalue weighted by molar-refractivity contribution is 7.22. The molecule has 0 aliphatic carbocycles. The molecule has 1 fully saturated rings. The van der Waals surface area contributed by atoms with E-state index in [1.54, 1.807) is 11.0 Å². The number of aromatic nitrogens is 1. The van der Waals surface area contributed by atoms with E-state index >= 15 is 0 Å². The number of amides is 1. The Hall–Kier alpha value is -2.78. The summed E-state index contributed by atoms with van der Waals surface area (Å²) in [6.07, 6.45) is 0.798. The molecule has 0 bridgehead atoms. The fraction of sp³-hybridized carbons (Fsp3) is 0.308. The molecule has 1 amide bonds. The Morgan fingerprint density at radius 2 is 1.89 bits per heavy atom. The molecule has 0 radical (unpaired) electrons. The molecule has 0 N–H and O–H groups in total. The Kier molecular flexibility index (Phi) is 8.51. The molecule has 4 aromatic rings. The van der Waals surface area contributed by atoms with E-state index < -0.39 is 0 Å². The number of hydrogen-bond donors (Lipinski definition) is 0. The molecule has 6 nitrogen and oxygen atoms in total. The number of anilines is 1. The van der Waals surface area contributed by atoms with Crippen molar-refractivity contribution in [3.63, 3.8) is 0 Å². The second kappa shape index (κ2) is 11.8. The SMILES string of the molecule is Cl.O=C(COc1ccc2ccccc2c1)N(CCCN1CCOCC1)c1nc2ccc(F)cc2s1. The largest absolute Gasteiger partial charge is 0.484 e. The van der Waals surface area contributed by atoms with Crippen molar-refractivity contribution in [2.75, 3.05) is 50.9 Å². The summed E-state index contributed by atoms with van der Waals surface area (Å²) < 4.78 is 25.7. The Morgan fingerprint density at radius 1 is 1.09 bits per heavy atom. The Balaban J connectivity index is 0.00000289. The molecule has 1 aliphatic heterocycles. The summed E-state index contributed by atoms with van der Waals surface area (Å²) in [5.74, 6) is 0.161. The number of morpholine rings is 1. The number of benzene rings is 3. The van der Waals surface area contributed by atoms with E-state index in [1.807, 2.05) is 42.5 Å². The summed E-state index contributed by atoms with van der Waals surface area (Å²) in [6.45, 7) is 4.58. The lowest BCUT2D eigenvalue weighted by molar-refractivity contribution is -0.120. The van der Waals surface area contributed by atoms with E-state index in [2.05, 4.69) is 9.88 Å². The second-order valence-electron chi connectivity index (χ2n) is 8.26. The van der Waals surface area contributed by atoms with Crippen LogP contribution in [0.25, 0.3) is 21.0 Å². The molecule has 0 unspecified atom stereocenters. The van der Waals surface area contributed by atoms with Crippen molar-refractivity contribution in [3.05, 3.63) is 66.5 Å². The van der Waals surface area contributed by atoms with Crippen LogP contribution in [0.5, 0.6) is 5.75 Å². The number of carbonyl (C=O) groups excluding carboxylic acids is 1. The van der Waals surface area contributed by atoms with Crippen molar-refractivity contribution in [1.82, 2.24) is 9.88 Å². The highest BCUT2D eigenvalue weighted by Crippen LogP contribution is 2.30. The number of hydrogen-bond acceptors (Lipinski definition) is 6. The molecular weight excluding hydrogens is 489 g/mol. The zero-order chi connectivity index (χ0) is 23.3. The van der Waals surface area contributed by atoms with Gasteiger partial charge in [0, 0.05) is 26.2 Å². The molecule has 9 heteroatoms. The highest BCUT2D eigenvalue weighted by atomic mass is 35.5. The fourth-order valence-electron chi connectivity index (χ4n) is 4.09. The molecule has 1 aromatic heterocycles. The maximum Gasteiger partial charge on any atom is 0.266 e. The van der Waals surface area contributed by atoms with Crippen LogP contribution in [0.2, 0.25) is 0 Å². The summed E-state index contributed by atoms with van der Waals surface area (Å²) >= 11 is 1.32. The van der Waals surface area contributed by atoms with E-state index in [0.717, 1.165) is 54.7 Å². The number of halogens is 2. The van der Waals surface area contributed by atoms with Crippen LogP contribution in [-0.2, 0) is 9.53 Å². The molecule has 35 heavy (non-hydrogen) atoms. The fourth-order valence-corrected chi connectivity index (χ4v) is 5.12. The summed E-state index contributed by atoms with van der Waals surface area (Å²) in [4.78, 5) is 21.9. The van der Waals surface area contributed by atoms with Crippen LogP contribution in [0, 0.1) is 5.82 Å². The number of thiazole rings is 1. The average molecular weight is 516 g/mol. The van der Waals surface area contributed by atoms with Gasteiger partial charge in [-0.25, -0.2) is 9.37 Å². The van der Waals surface area contributed by atoms with Crippen molar-refractivity contribution in [2.24, 2.45) is 0 Å². The molecule has 1 aliphatic rings. The van der Waals surface area contributed by atoms with Crippen LogP contribution < -0.4 is 9.64 Å². The minimum absolute atomic E-state index is 0. The van der Waals surface area contributed by atoms with Crippen molar-refractivity contribution in [1.29, 1.82) is 0 Å². The monoisotopic (exact) mass is 515 g/mol. The van der Waals surface area contributed by atoms with Crippen molar-refractivity contribution < 1.29 is 18.7 Å². The van der Waals surface area contributed by atoms with E-state index in [9.17, 15) is 9.18 Å². The molecule has 3 aromatic carbocycles. The minimum atomic E-state index is -0.312. The second-order valence-corrected chi connectivity index (χ2v) is 9.27. The van der Waals surface area contributed by atoms with E-state index in [4.69, 9.17) is 9.47 Å². The van der Waals surface area contributed by atoms with Crippen molar-refractivity contribution in [2.45, 2.75) is 6.42 Å². The Labute approximate surface area is 213 Å². The van der Waals surface area contributed by atoms with Gasteiger partial charge in [0.15, 0.2) is 11.7 Å². The number of rotatable bonds is 8. The van der Waals surface area contributed by atoms with Gasteiger partial charge in [-0.1, -0.05) is 41.7 Å². The first-order valence-electron chi connectivity index (χ1n) is 11.4. The quantitative estimate of drug-likeness (QED) is 0.325. The highest BCUT2D eigenvalue weighted by Gasteiger charge is 2.21. The van der Waals surface area contributed by atoms with Gasteiger partial charge >= 0.3 is 0 Å². The van der Waals surface area contributed by atoms with Gasteiger partial charge in [0.05, 0.1) is 23.4 Å². The molecule has 0 spiro atoms. The van der Waals surface area contributed by atoms with Crippen LogP contribution in [0.15, 0.2) is 60.7 Å². The van der Waals surface area contributed by atoms with E-state index in [-0.39, 0.29) is 30.7 Å². The van der Waals surface area contributed by atoms with E-state index in [0.29, 0.717) is 22.9 Å². The van der Waals surface area contributed by atoms with Crippen LogP contribution >= 0.6 is 23.7 Å². The van der Waals surface area contributed by atoms with Gasteiger partial charge < -0.3 is 9.47 Å². The minimum Gasteiger partial charge on any atom is -0.484 e. The molecule has 1 saturated heterocycles. The smallest absolute Gasteiger partial charge is 0.266 e. The third-order valence-electron chi connectivity index (χ3n) is 5.91. The third kappa shape index (κ3) is 6.27. The van der Waals surface area contributed by atoms with Gasteiger partial charge in [-0.05, 0) is 47.5 Å². The van der Waals surface area contributed by atoms with Crippen molar-refractivity contribution in [3.8, 4) is 5.75 Å². The number of ether oxygens (including phenoxy) is 2. The summed E-state index contributed by atoms with van der Waals surface area (Å²) in [5.41, 5.74) is 0.683. The maximum absolute atomic E-state index is 13.7. The predicted octanol–water partition coefficient (Wildman–Crippen LogP) is 5.14. The lowest BCUT2D eigenvalue weighted by Gasteiger charge is -2.27. The summed E-state index contributed by atoms with van der Waals surface area (Å²) in [5, 5.41) is 2.74. The number of carbonyl (C=O) groups is 1. The maximum atomic E-state index is 13.7. The molecular formula is C26H27ClFN3O3S. The zero-order valence-corrected chi connectivity index (χ0v) is 20.8. The zero-order valence-electron chi connectivity index (χ0n) is 19.2. The Morgan fingerprint density at radius 3 is 2.71 bits per heavy atom. The summed E-state index contributed by atoms with van der Waals surface area (Å²) in [6, 6.07) is 18.3. The van der Waals surface area contributed by atoms with Crippen LogP contribution in [0.3, 0.4) is 0 Å². The topological polar surface area (TPSA) is 54.9 Å². The molecule has 5 rings (SSSR count). The van der Waals surface area contributed by atoms with E-state index in [1.165, 1.54) is 23.5 Å². The van der Waals surface area contributed by atoms with Crippen molar-refractivity contribution >= 4 is 55.8 Å². The van der Waals surface area contributed by atoms with Gasteiger partial charge in [-0.15, -0.1) is 12.4 Å². The van der Waals surface area contributed by atoms with Gasteiger partial charge in [0.25, 0.3) is 5.91 Å². The third-order valence-corrected chi connectivity index (χ3v) is 6.96. The van der Waals surface area contributed by atoms with Gasteiger partial charge in [0.1, 0.15) is 11.6 Å². The lowest BCUT2D eigenvalue weighted by atomic mass is 10.1. The van der Waals surface area contributed by atoms with Gasteiger partial charge in [-0.3, -0.25) is 14.6 Å². The average Bonchev–Trinajstić information content (AvgIpc) is 3.28. The molecule has 0 saturated carbocycles. The lowest BCUT2D eigenvalue weighted by Crippen LogP contribution is -2.40. The van der Waals surface area contributed by atoms with Crippen LogP contribution in [0.4, 0.5) is 9.52 Å². The molecule has 0 atom stereocenters. The van der Waals surface area contributed by atoms with Gasteiger partial charge in [-0.2, -0.15) is 0 Å². The number of fused-ring (bicyclic) bond motifs is 2. The predicted molar refractivity (Wildman–Crippen MR) is 140 cm³/mol. The molecule has 2 heterocycles. The number of nitrogens with zero attached hydrogens (tertiary/aromatic N) is 3. The summed E-state index contributed by atoms with van der Waals surface area (Å²) in [7, 11) is 0. The standard InChI is InChI=1S/C26H26FN3O3S.ClH/c27-21-7-9-23-24(17-21)34-26(28-23)30(11-3-10-29-12-14-32-15-13-29)25(31)18-33-22-8-6-19-4-1-2-5-20(19)16-22;/h1-2,4-9,16-17H,3,10-15,18H2;1H. The van der Waals surface area contributed by atoms with Gasteiger partial charge in [0.2, 0.25) is 0 Å².